The van der Waals surface area contributed by atoms with Gasteiger partial charge in [-0.05, 0) is 52.3 Å². The predicted octanol–water partition coefficient (Wildman–Crippen LogP) is 2.54. The van der Waals surface area contributed by atoms with E-state index in [0.29, 0.717) is 43.9 Å². The van der Waals surface area contributed by atoms with Crippen molar-refractivity contribution in [3.8, 4) is 0 Å². The Morgan fingerprint density at radius 2 is 1.65 bits per heavy atom. The third-order valence-corrected chi connectivity index (χ3v) is 4.84. The smallest absolute Gasteiger partial charge is 0.254 e. The molecule has 1 saturated heterocycles. The first kappa shape index (κ1) is 20.4. The average molecular weight is 363 g/mol. The molecule has 0 atom stereocenters. The molecule has 0 spiro atoms. The van der Waals surface area contributed by atoms with Crippen molar-refractivity contribution in [1.29, 1.82) is 0 Å². The molecule has 0 radical (unpaired) electrons. The molecule has 1 heterocycles. The number of piperazine rings is 1. The normalized spacial score (nSPS) is 15.6. The standard InChI is InChI=1S/C20H30FN3O2/c1-14(2)24(15(3)4)19(25)13-22-8-10-23(11-9-22)20(26)17-7-6-16(5)18(21)12-17/h6-7,12,14-15H,8-11,13H2,1-5H3. The van der Waals surface area contributed by atoms with Gasteiger partial charge >= 0.3 is 0 Å². The zero-order valence-electron chi connectivity index (χ0n) is 16.5. The van der Waals surface area contributed by atoms with Gasteiger partial charge in [-0.15, -0.1) is 0 Å². The van der Waals surface area contributed by atoms with Crippen molar-refractivity contribution >= 4 is 11.8 Å². The molecule has 26 heavy (non-hydrogen) atoms. The minimum absolute atomic E-state index is 0.121. The lowest BCUT2D eigenvalue weighted by molar-refractivity contribution is -0.136. The van der Waals surface area contributed by atoms with E-state index in [0.717, 1.165) is 0 Å². The van der Waals surface area contributed by atoms with Crippen molar-refractivity contribution < 1.29 is 14.0 Å². The van der Waals surface area contributed by atoms with Gasteiger partial charge in [0, 0.05) is 43.8 Å². The lowest BCUT2D eigenvalue weighted by Crippen LogP contribution is -2.53. The first-order valence-corrected chi connectivity index (χ1v) is 9.29. The number of carbonyl (C=O) groups excluding carboxylic acids is 2. The molecule has 0 bridgehead atoms. The number of benzene rings is 1. The fourth-order valence-electron chi connectivity index (χ4n) is 3.46. The summed E-state index contributed by atoms with van der Waals surface area (Å²) in [5, 5.41) is 0. The van der Waals surface area contributed by atoms with E-state index >= 15 is 0 Å². The predicted molar refractivity (Wildman–Crippen MR) is 101 cm³/mol. The molecule has 1 aliphatic heterocycles. The van der Waals surface area contributed by atoms with Crippen LogP contribution in [0.25, 0.3) is 0 Å². The largest absolute Gasteiger partial charge is 0.337 e. The Hall–Kier alpha value is -1.95. The second kappa shape index (κ2) is 8.62. The van der Waals surface area contributed by atoms with Crippen LogP contribution in [0.15, 0.2) is 18.2 Å². The summed E-state index contributed by atoms with van der Waals surface area (Å²) in [6, 6.07) is 4.93. The molecule has 5 nitrogen and oxygen atoms in total. The number of carbonyl (C=O) groups is 2. The monoisotopic (exact) mass is 363 g/mol. The van der Waals surface area contributed by atoms with E-state index in [1.807, 2.05) is 32.6 Å². The molecule has 6 heteroatoms. The highest BCUT2D eigenvalue weighted by Gasteiger charge is 2.26. The van der Waals surface area contributed by atoms with E-state index in [9.17, 15) is 14.0 Å². The van der Waals surface area contributed by atoms with Crippen molar-refractivity contribution in [2.45, 2.75) is 46.7 Å². The molecule has 1 aromatic rings. The van der Waals surface area contributed by atoms with Gasteiger partial charge < -0.3 is 9.80 Å². The van der Waals surface area contributed by atoms with Crippen molar-refractivity contribution in [3.63, 3.8) is 0 Å². The maximum absolute atomic E-state index is 13.7. The Balaban J connectivity index is 1.91. The van der Waals surface area contributed by atoms with Gasteiger partial charge in [0.1, 0.15) is 5.82 Å². The number of rotatable bonds is 5. The summed E-state index contributed by atoms with van der Waals surface area (Å²) >= 11 is 0. The van der Waals surface area contributed by atoms with Gasteiger partial charge in [0.25, 0.3) is 5.91 Å². The van der Waals surface area contributed by atoms with Crippen molar-refractivity contribution in [1.82, 2.24) is 14.7 Å². The molecule has 2 rings (SSSR count). The van der Waals surface area contributed by atoms with Gasteiger partial charge in [-0.25, -0.2) is 4.39 Å². The van der Waals surface area contributed by atoms with Crippen molar-refractivity contribution in [2.24, 2.45) is 0 Å². The third-order valence-electron chi connectivity index (χ3n) is 4.84. The molecule has 1 aromatic carbocycles. The summed E-state index contributed by atoms with van der Waals surface area (Å²) in [7, 11) is 0. The summed E-state index contributed by atoms with van der Waals surface area (Å²) in [4.78, 5) is 30.8. The second-order valence-electron chi connectivity index (χ2n) is 7.52. The maximum Gasteiger partial charge on any atom is 0.254 e. The van der Waals surface area contributed by atoms with Crippen LogP contribution in [0.1, 0.15) is 43.6 Å². The quantitative estimate of drug-likeness (QED) is 0.807. The summed E-state index contributed by atoms with van der Waals surface area (Å²) in [5.74, 6) is -0.390. The van der Waals surface area contributed by atoms with Gasteiger partial charge in [0.2, 0.25) is 5.91 Å². The molecule has 0 unspecified atom stereocenters. The van der Waals surface area contributed by atoms with E-state index < -0.39 is 0 Å². The van der Waals surface area contributed by atoms with Crippen LogP contribution < -0.4 is 0 Å². The van der Waals surface area contributed by atoms with Gasteiger partial charge in [-0.1, -0.05) is 6.07 Å². The first-order chi connectivity index (χ1) is 12.2. The topological polar surface area (TPSA) is 43.9 Å². The van der Waals surface area contributed by atoms with Crippen LogP contribution in [-0.4, -0.2) is 71.3 Å². The summed E-state index contributed by atoms with van der Waals surface area (Å²) in [6.07, 6.45) is 0. The highest BCUT2D eigenvalue weighted by atomic mass is 19.1. The molecular formula is C20H30FN3O2. The number of amides is 2. The molecule has 2 amide bonds. The van der Waals surface area contributed by atoms with Crippen LogP contribution in [0.4, 0.5) is 4.39 Å². The number of halogens is 1. The Morgan fingerprint density at radius 3 is 2.15 bits per heavy atom. The molecule has 1 fully saturated rings. The van der Waals surface area contributed by atoms with E-state index in [1.54, 1.807) is 24.0 Å². The molecule has 144 valence electrons. The average Bonchev–Trinajstić information content (AvgIpc) is 2.56. The Kier molecular flexibility index (Phi) is 6.75. The summed E-state index contributed by atoms with van der Waals surface area (Å²) < 4.78 is 13.7. The second-order valence-corrected chi connectivity index (χ2v) is 7.52. The molecule has 1 aliphatic rings. The molecular weight excluding hydrogens is 333 g/mol. The molecule has 0 saturated carbocycles. The minimum atomic E-state index is -0.359. The van der Waals surface area contributed by atoms with Gasteiger partial charge in [-0.3, -0.25) is 14.5 Å². The van der Waals surface area contributed by atoms with Gasteiger partial charge in [0.15, 0.2) is 0 Å². The number of hydrogen-bond acceptors (Lipinski definition) is 3. The van der Waals surface area contributed by atoms with E-state index in [4.69, 9.17) is 0 Å². The minimum Gasteiger partial charge on any atom is -0.337 e. The van der Waals surface area contributed by atoms with Crippen LogP contribution in [0.2, 0.25) is 0 Å². The van der Waals surface area contributed by atoms with Crippen LogP contribution in [0.5, 0.6) is 0 Å². The Labute approximate surface area is 155 Å². The molecule has 0 aliphatic carbocycles. The fraction of sp³-hybridized carbons (Fsp3) is 0.600. The number of hydrogen-bond donors (Lipinski definition) is 0. The third kappa shape index (κ3) is 4.81. The highest BCUT2D eigenvalue weighted by Crippen LogP contribution is 2.14. The van der Waals surface area contributed by atoms with Crippen LogP contribution in [0, 0.1) is 12.7 Å². The molecule has 0 N–H and O–H groups in total. The number of nitrogens with zero attached hydrogens (tertiary/aromatic N) is 3. The highest BCUT2D eigenvalue weighted by molar-refractivity contribution is 5.94. The van der Waals surface area contributed by atoms with Crippen molar-refractivity contribution in [3.05, 3.63) is 35.1 Å². The SMILES string of the molecule is Cc1ccc(C(=O)N2CCN(CC(=O)N(C(C)C)C(C)C)CC2)cc1F. The summed E-state index contributed by atoms with van der Waals surface area (Å²) in [6.45, 7) is 12.5. The Bertz CT molecular complexity index is 644. The maximum atomic E-state index is 13.7. The number of aryl methyl sites for hydroxylation is 1. The zero-order valence-corrected chi connectivity index (χ0v) is 16.5. The van der Waals surface area contributed by atoms with Gasteiger partial charge in [-0.2, -0.15) is 0 Å². The van der Waals surface area contributed by atoms with Crippen LogP contribution in [0.3, 0.4) is 0 Å². The van der Waals surface area contributed by atoms with Crippen LogP contribution >= 0.6 is 0 Å². The summed E-state index contributed by atoms with van der Waals surface area (Å²) in [5.41, 5.74) is 0.910. The zero-order chi connectivity index (χ0) is 19.4. The lowest BCUT2D eigenvalue weighted by atomic mass is 10.1. The van der Waals surface area contributed by atoms with E-state index in [-0.39, 0.29) is 29.7 Å². The fourth-order valence-corrected chi connectivity index (χ4v) is 3.46. The lowest BCUT2D eigenvalue weighted by Gasteiger charge is -2.37. The van der Waals surface area contributed by atoms with Crippen LogP contribution in [-0.2, 0) is 4.79 Å². The first-order valence-electron chi connectivity index (χ1n) is 9.29. The van der Waals surface area contributed by atoms with E-state index in [2.05, 4.69) is 4.90 Å². The Morgan fingerprint density at radius 1 is 1.08 bits per heavy atom. The van der Waals surface area contributed by atoms with Gasteiger partial charge in [0.05, 0.1) is 6.54 Å². The molecule has 0 aromatic heterocycles. The van der Waals surface area contributed by atoms with E-state index in [1.165, 1.54) is 6.07 Å². The van der Waals surface area contributed by atoms with Crippen molar-refractivity contribution in [2.75, 3.05) is 32.7 Å².